The molecule has 0 radical (unpaired) electrons. The van der Waals surface area contributed by atoms with Crippen LogP contribution < -0.4 is 10.6 Å². The lowest BCUT2D eigenvalue weighted by Gasteiger charge is -2.38. The fourth-order valence-electron chi connectivity index (χ4n) is 2.74. The molecule has 1 fully saturated rings. The molecule has 1 unspecified atom stereocenters. The Morgan fingerprint density at radius 3 is 2.94 bits per heavy atom. The molecule has 0 amide bonds. The zero-order valence-electron chi connectivity index (χ0n) is 10.7. The number of halogens is 1. The Hall–Kier alpha value is -1.16. The van der Waals surface area contributed by atoms with E-state index in [4.69, 9.17) is 18.0 Å². The molecule has 1 aliphatic heterocycles. The van der Waals surface area contributed by atoms with Gasteiger partial charge in [0.05, 0.1) is 11.3 Å². The molecule has 0 spiro atoms. The summed E-state index contributed by atoms with van der Waals surface area (Å²) in [6, 6.07) is 5.54. The number of rotatable bonds is 3. The lowest BCUT2D eigenvalue weighted by atomic mass is 9.98. The number of benzene rings is 1. The first-order valence-electron chi connectivity index (χ1n) is 6.50. The maximum atomic E-state index is 13.9. The van der Waals surface area contributed by atoms with E-state index in [1.807, 2.05) is 6.07 Å². The van der Waals surface area contributed by atoms with Crippen molar-refractivity contribution in [2.45, 2.75) is 38.6 Å². The summed E-state index contributed by atoms with van der Waals surface area (Å²) in [4.78, 5) is 2.41. The highest BCUT2D eigenvalue weighted by Gasteiger charge is 2.24. The minimum absolute atomic E-state index is 0.142. The van der Waals surface area contributed by atoms with Crippen molar-refractivity contribution in [3.05, 3.63) is 29.6 Å². The van der Waals surface area contributed by atoms with Crippen LogP contribution in [0, 0.1) is 5.82 Å². The van der Waals surface area contributed by atoms with E-state index >= 15 is 0 Å². The normalized spacial score (nSPS) is 19.9. The molecule has 1 aliphatic rings. The van der Waals surface area contributed by atoms with Crippen LogP contribution in [-0.2, 0) is 0 Å². The summed E-state index contributed by atoms with van der Waals surface area (Å²) in [7, 11) is 0. The van der Waals surface area contributed by atoms with Gasteiger partial charge in [-0.25, -0.2) is 4.39 Å². The summed E-state index contributed by atoms with van der Waals surface area (Å²) in [5, 5.41) is 0. The fourth-order valence-corrected chi connectivity index (χ4v) is 2.94. The van der Waals surface area contributed by atoms with E-state index in [1.165, 1.54) is 12.5 Å². The zero-order chi connectivity index (χ0) is 13.1. The van der Waals surface area contributed by atoms with Gasteiger partial charge in [-0.15, -0.1) is 0 Å². The number of nitrogens with zero attached hydrogens (tertiary/aromatic N) is 1. The molecule has 2 rings (SSSR count). The number of hydrogen-bond donors (Lipinski definition) is 1. The highest BCUT2D eigenvalue weighted by atomic mass is 32.1. The molecule has 1 heterocycles. The molecule has 0 saturated carbocycles. The van der Waals surface area contributed by atoms with Crippen LogP contribution in [0.1, 0.15) is 38.2 Å². The van der Waals surface area contributed by atoms with Crippen LogP contribution in [0.25, 0.3) is 0 Å². The second-order valence-corrected chi connectivity index (χ2v) is 5.19. The molecule has 2 nitrogen and oxygen atoms in total. The van der Waals surface area contributed by atoms with E-state index in [1.54, 1.807) is 6.07 Å². The standard InChI is InChI=1S/C14H19FN2S/c1-2-10-6-3-4-9-17(10)12-8-5-7-11(15)13(12)14(16)18/h5,7-8,10H,2-4,6,9H2,1H3,(H2,16,18). The van der Waals surface area contributed by atoms with Crippen LogP contribution in [-0.4, -0.2) is 17.6 Å². The summed E-state index contributed by atoms with van der Waals surface area (Å²) in [5.74, 6) is -0.319. The molecular weight excluding hydrogens is 247 g/mol. The Morgan fingerprint density at radius 2 is 2.28 bits per heavy atom. The van der Waals surface area contributed by atoms with Crippen LogP contribution in [0.5, 0.6) is 0 Å². The largest absolute Gasteiger partial charge is 0.389 e. The smallest absolute Gasteiger partial charge is 0.135 e. The Bertz CT molecular complexity index is 447. The maximum Gasteiger partial charge on any atom is 0.135 e. The van der Waals surface area contributed by atoms with Gasteiger partial charge in [0.1, 0.15) is 10.8 Å². The predicted molar refractivity (Wildman–Crippen MR) is 77.6 cm³/mol. The summed E-state index contributed by atoms with van der Waals surface area (Å²) in [6.07, 6.45) is 4.60. The Balaban J connectivity index is 2.42. The monoisotopic (exact) mass is 266 g/mol. The molecule has 1 saturated heterocycles. The van der Waals surface area contributed by atoms with E-state index in [9.17, 15) is 4.39 Å². The second kappa shape index (κ2) is 5.65. The lowest BCUT2D eigenvalue weighted by molar-refractivity contribution is 0.449. The van der Waals surface area contributed by atoms with Gasteiger partial charge in [0.25, 0.3) is 0 Å². The number of hydrogen-bond acceptors (Lipinski definition) is 2. The van der Waals surface area contributed by atoms with E-state index in [0.29, 0.717) is 11.6 Å². The van der Waals surface area contributed by atoms with Crippen LogP contribution in [0.4, 0.5) is 10.1 Å². The molecule has 2 N–H and O–H groups in total. The first kappa shape index (κ1) is 13.3. The van der Waals surface area contributed by atoms with E-state index in [0.717, 1.165) is 31.5 Å². The van der Waals surface area contributed by atoms with Crippen LogP contribution in [0.3, 0.4) is 0 Å². The van der Waals surface area contributed by atoms with Crippen molar-refractivity contribution in [3.8, 4) is 0 Å². The average molecular weight is 266 g/mol. The van der Waals surface area contributed by atoms with Gasteiger partial charge >= 0.3 is 0 Å². The van der Waals surface area contributed by atoms with E-state index in [-0.39, 0.29) is 10.8 Å². The third-order valence-electron chi connectivity index (χ3n) is 3.65. The molecule has 0 bridgehead atoms. The summed E-state index contributed by atoms with van der Waals surface area (Å²) < 4.78 is 13.9. The number of thiocarbonyl (C=S) groups is 1. The van der Waals surface area contributed by atoms with Crippen molar-refractivity contribution < 1.29 is 4.39 Å². The van der Waals surface area contributed by atoms with E-state index in [2.05, 4.69) is 11.8 Å². The Labute approximate surface area is 113 Å². The number of piperidine rings is 1. The number of anilines is 1. The lowest BCUT2D eigenvalue weighted by Crippen LogP contribution is -2.40. The minimum atomic E-state index is -0.319. The third-order valence-corrected chi connectivity index (χ3v) is 3.85. The quantitative estimate of drug-likeness (QED) is 0.852. The van der Waals surface area contributed by atoms with Crippen molar-refractivity contribution in [2.75, 3.05) is 11.4 Å². The Morgan fingerprint density at radius 1 is 1.50 bits per heavy atom. The molecule has 0 aromatic heterocycles. The second-order valence-electron chi connectivity index (χ2n) is 4.75. The van der Waals surface area contributed by atoms with Gasteiger partial charge in [-0.1, -0.05) is 25.2 Å². The molecule has 1 aromatic rings. The molecule has 18 heavy (non-hydrogen) atoms. The van der Waals surface area contributed by atoms with Gasteiger partial charge < -0.3 is 10.6 Å². The molecular formula is C14H19FN2S. The van der Waals surface area contributed by atoms with Gasteiger partial charge in [-0.2, -0.15) is 0 Å². The molecule has 1 aromatic carbocycles. The van der Waals surface area contributed by atoms with Crippen molar-refractivity contribution in [1.82, 2.24) is 0 Å². The van der Waals surface area contributed by atoms with Crippen molar-refractivity contribution in [3.63, 3.8) is 0 Å². The van der Waals surface area contributed by atoms with Crippen LogP contribution in [0.15, 0.2) is 18.2 Å². The van der Waals surface area contributed by atoms with Crippen molar-refractivity contribution >= 4 is 22.9 Å². The third kappa shape index (κ3) is 2.48. The van der Waals surface area contributed by atoms with Crippen LogP contribution in [0.2, 0.25) is 0 Å². The Kier molecular flexibility index (Phi) is 4.17. The van der Waals surface area contributed by atoms with Gasteiger partial charge in [0.2, 0.25) is 0 Å². The molecule has 0 aliphatic carbocycles. The first-order chi connectivity index (χ1) is 8.65. The summed E-state index contributed by atoms with van der Waals surface area (Å²) >= 11 is 4.99. The summed E-state index contributed by atoms with van der Waals surface area (Å²) in [6.45, 7) is 3.13. The SMILES string of the molecule is CCC1CCCCN1c1cccc(F)c1C(N)=S. The van der Waals surface area contributed by atoms with Crippen LogP contribution >= 0.6 is 12.2 Å². The molecule has 98 valence electrons. The predicted octanol–water partition coefficient (Wildman–Crippen LogP) is 3.23. The van der Waals surface area contributed by atoms with Gasteiger partial charge in [-0.05, 0) is 37.8 Å². The van der Waals surface area contributed by atoms with Gasteiger partial charge in [0, 0.05) is 12.6 Å². The minimum Gasteiger partial charge on any atom is -0.389 e. The first-order valence-corrected chi connectivity index (χ1v) is 6.91. The topological polar surface area (TPSA) is 29.3 Å². The molecule has 1 atom stereocenters. The van der Waals surface area contributed by atoms with Crippen molar-refractivity contribution in [2.24, 2.45) is 5.73 Å². The molecule has 4 heteroatoms. The highest BCUT2D eigenvalue weighted by Crippen LogP contribution is 2.30. The van der Waals surface area contributed by atoms with Gasteiger partial charge in [0.15, 0.2) is 0 Å². The average Bonchev–Trinajstić information content (AvgIpc) is 2.38. The maximum absolute atomic E-state index is 13.9. The zero-order valence-corrected chi connectivity index (χ0v) is 11.5. The highest BCUT2D eigenvalue weighted by molar-refractivity contribution is 7.80. The number of nitrogens with two attached hydrogens (primary N) is 1. The van der Waals surface area contributed by atoms with Gasteiger partial charge in [-0.3, -0.25) is 0 Å². The fraction of sp³-hybridized carbons (Fsp3) is 0.500. The van der Waals surface area contributed by atoms with Crippen molar-refractivity contribution in [1.29, 1.82) is 0 Å². The summed E-state index contributed by atoms with van der Waals surface area (Å²) in [5.41, 5.74) is 6.93. The van der Waals surface area contributed by atoms with E-state index < -0.39 is 0 Å².